The molecule has 0 spiro atoms. The minimum Gasteiger partial charge on any atom is -0.378 e. The van der Waals surface area contributed by atoms with Crippen molar-refractivity contribution in [2.75, 3.05) is 6.61 Å². The van der Waals surface area contributed by atoms with Gasteiger partial charge >= 0.3 is 0 Å². The maximum Gasteiger partial charge on any atom is 0.107 e. The summed E-state index contributed by atoms with van der Waals surface area (Å²) in [6.07, 6.45) is 3.82. The molecule has 1 saturated heterocycles. The Morgan fingerprint density at radius 3 is 3.00 bits per heavy atom. The number of thiophene rings is 1. The average molecular weight is 375 g/mol. The standard InChI is InChI=1S/C10H11Br2ClOS/c11-7(4-6-2-1-3-14-6)9-5-8(12)10(13)15-9/h5-7H,1-4H2. The number of alkyl halides is 1. The first-order chi connectivity index (χ1) is 7.16. The minimum atomic E-state index is 0.356. The van der Waals surface area contributed by atoms with E-state index in [1.165, 1.54) is 17.7 Å². The van der Waals surface area contributed by atoms with E-state index in [1.807, 2.05) is 0 Å². The molecule has 0 radical (unpaired) electrons. The largest absolute Gasteiger partial charge is 0.378 e. The molecule has 1 aliphatic rings. The lowest BCUT2D eigenvalue weighted by Crippen LogP contribution is -2.07. The van der Waals surface area contributed by atoms with Crippen LogP contribution in [0.2, 0.25) is 4.34 Å². The first-order valence-electron chi connectivity index (χ1n) is 4.87. The topological polar surface area (TPSA) is 9.23 Å². The van der Waals surface area contributed by atoms with Crippen LogP contribution in [0.5, 0.6) is 0 Å². The van der Waals surface area contributed by atoms with Crippen molar-refractivity contribution in [3.63, 3.8) is 0 Å². The highest BCUT2D eigenvalue weighted by molar-refractivity contribution is 9.10. The summed E-state index contributed by atoms with van der Waals surface area (Å²) < 4.78 is 7.42. The van der Waals surface area contributed by atoms with E-state index in [2.05, 4.69) is 37.9 Å². The van der Waals surface area contributed by atoms with Gasteiger partial charge in [-0.2, -0.15) is 0 Å². The van der Waals surface area contributed by atoms with Crippen molar-refractivity contribution in [2.45, 2.75) is 30.2 Å². The zero-order valence-corrected chi connectivity index (χ0v) is 12.8. The Morgan fingerprint density at radius 1 is 1.67 bits per heavy atom. The Bertz CT molecular complexity index is 317. The third-order valence-corrected chi connectivity index (χ3v) is 6.23. The zero-order valence-electron chi connectivity index (χ0n) is 8.01. The molecular weight excluding hydrogens is 363 g/mol. The van der Waals surface area contributed by atoms with Gasteiger partial charge in [-0.15, -0.1) is 11.3 Å². The molecule has 1 nitrogen and oxygen atoms in total. The maximum absolute atomic E-state index is 6.01. The van der Waals surface area contributed by atoms with E-state index in [0.717, 1.165) is 21.8 Å². The molecule has 1 aromatic heterocycles. The molecular formula is C10H11Br2ClOS. The van der Waals surface area contributed by atoms with E-state index in [9.17, 15) is 0 Å². The number of halogens is 3. The minimum absolute atomic E-state index is 0.356. The summed E-state index contributed by atoms with van der Waals surface area (Å²) in [6, 6.07) is 2.08. The Morgan fingerprint density at radius 2 is 2.47 bits per heavy atom. The van der Waals surface area contributed by atoms with Gasteiger partial charge in [-0.05, 0) is 41.3 Å². The van der Waals surface area contributed by atoms with Gasteiger partial charge < -0.3 is 4.74 Å². The van der Waals surface area contributed by atoms with Gasteiger partial charge in [0.1, 0.15) is 4.34 Å². The zero-order chi connectivity index (χ0) is 10.8. The SMILES string of the molecule is Clc1sc(C(Br)CC2CCCO2)cc1Br. The summed E-state index contributed by atoms with van der Waals surface area (Å²) >= 11 is 14.7. The van der Waals surface area contributed by atoms with Gasteiger partial charge in [0.25, 0.3) is 0 Å². The van der Waals surface area contributed by atoms with E-state index < -0.39 is 0 Å². The van der Waals surface area contributed by atoms with Crippen molar-refractivity contribution in [1.82, 2.24) is 0 Å². The van der Waals surface area contributed by atoms with Crippen LogP contribution in [-0.2, 0) is 4.74 Å². The number of hydrogen-bond donors (Lipinski definition) is 0. The van der Waals surface area contributed by atoms with Crippen LogP contribution >= 0.6 is 54.8 Å². The highest BCUT2D eigenvalue weighted by atomic mass is 79.9. The van der Waals surface area contributed by atoms with E-state index >= 15 is 0 Å². The van der Waals surface area contributed by atoms with Crippen molar-refractivity contribution in [2.24, 2.45) is 0 Å². The van der Waals surface area contributed by atoms with Crippen LogP contribution in [0.15, 0.2) is 10.5 Å². The summed E-state index contributed by atoms with van der Waals surface area (Å²) in [5, 5.41) is 0. The maximum atomic E-state index is 6.01. The fraction of sp³-hybridized carbons (Fsp3) is 0.600. The van der Waals surface area contributed by atoms with Crippen molar-refractivity contribution in [3.05, 3.63) is 19.8 Å². The third kappa shape index (κ3) is 3.19. The summed E-state index contributed by atoms with van der Waals surface area (Å²) in [5.41, 5.74) is 0. The molecule has 5 heteroatoms. The first kappa shape index (κ1) is 12.4. The Balaban J connectivity index is 1.97. The van der Waals surface area contributed by atoms with E-state index in [0.29, 0.717) is 10.9 Å². The molecule has 2 heterocycles. The highest BCUT2D eigenvalue weighted by Crippen LogP contribution is 2.41. The second-order valence-corrected chi connectivity index (χ2v) is 7.25. The first-order valence-corrected chi connectivity index (χ1v) is 7.77. The van der Waals surface area contributed by atoms with Crippen LogP contribution in [0, 0.1) is 0 Å². The summed E-state index contributed by atoms with van der Waals surface area (Å²) in [6.45, 7) is 0.916. The van der Waals surface area contributed by atoms with Gasteiger partial charge in [-0.1, -0.05) is 27.5 Å². The van der Waals surface area contributed by atoms with Gasteiger partial charge in [0.15, 0.2) is 0 Å². The molecule has 1 aromatic rings. The van der Waals surface area contributed by atoms with Crippen LogP contribution in [0.25, 0.3) is 0 Å². The number of rotatable bonds is 3. The number of hydrogen-bond acceptors (Lipinski definition) is 2. The monoisotopic (exact) mass is 372 g/mol. The molecule has 1 aliphatic heterocycles. The fourth-order valence-electron chi connectivity index (χ4n) is 1.69. The second kappa shape index (κ2) is 5.50. The van der Waals surface area contributed by atoms with Gasteiger partial charge in [0.2, 0.25) is 0 Å². The quantitative estimate of drug-likeness (QED) is 0.663. The number of ether oxygens (including phenoxy) is 1. The lowest BCUT2D eigenvalue weighted by Gasteiger charge is -2.12. The van der Waals surface area contributed by atoms with Crippen molar-refractivity contribution in [1.29, 1.82) is 0 Å². The Hall–Kier alpha value is 0.910. The Labute approximate surface area is 115 Å². The molecule has 2 atom stereocenters. The lowest BCUT2D eigenvalue weighted by atomic mass is 10.1. The molecule has 2 rings (SSSR count). The Kier molecular flexibility index (Phi) is 4.53. The average Bonchev–Trinajstić information content (AvgIpc) is 2.78. The van der Waals surface area contributed by atoms with Gasteiger partial charge in [-0.3, -0.25) is 0 Å². The molecule has 1 fully saturated rings. The van der Waals surface area contributed by atoms with Crippen LogP contribution in [0.1, 0.15) is 29.0 Å². The second-order valence-electron chi connectivity index (χ2n) is 3.61. The lowest BCUT2D eigenvalue weighted by molar-refractivity contribution is 0.104. The van der Waals surface area contributed by atoms with Crippen LogP contribution in [0.4, 0.5) is 0 Å². The van der Waals surface area contributed by atoms with E-state index in [1.54, 1.807) is 11.3 Å². The van der Waals surface area contributed by atoms with Crippen molar-refractivity contribution >= 4 is 54.8 Å². The molecule has 0 saturated carbocycles. The fourth-order valence-corrected chi connectivity index (χ4v) is 4.25. The molecule has 15 heavy (non-hydrogen) atoms. The predicted octanol–water partition coefficient (Wildman–Crippen LogP) is 5.17. The van der Waals surface area contributed by atoms with Gasteiger partial charge in [0, 0.05) is 16.0 Å². The highest BCUT2D eigenvalue weighted by Gasteiger charge is 2.21. The molecule has 0 bridgehead atoms. The van der Waals surface area contributed by atoms with E-state index in [-0.39, 0.29) is 0 Å². The summed E-state index contributed by atoms with van der Waals surface area (Å²) in [7, 11) is 0. The predicted molar refractivity (Wildman–Crippen MR) is 72.3 cm³/mol. The smallest absolute Gasteiger partial charge is 0.107 e. The molecule has 0 aromatic carbocycles. The molecule has 0 aliphatic carbocycles. The van der Waals surface area contributed by atoms with Crippen LogP contribution < -0.4 is 0 Å². The van der Waals surface area contributed by atoms with Crippen molar-refractivity contribution < 1.29 is 4.74 Å². The van der Waals surface area contributed by atoms with Crippen LogP contribution in [0.3, 0.4) is 0 Å². The summed E-state index contributed by atoms with van der Waals surface area (Å²) in [5.74, 6) is 0. The third-order valence-electron chi connectivity index (χ3n) is 2.47. The molecule has 84 valence electrons. The van der Waals surface area contributed by atoms with E-state index in [4.69, 9.17) is 16.3 Å². The van der Waals surface area contributed by atoms with Gasteiger partial charge in [-0.25, -0.2) is 0 Å². The van der Waals surface area contributed by atoms with Crippen molar-refractivity contribution in [3.8, 4) is 0 Å². The van der Waals surface area contributed by atoms with Crippen LogP contribution in [-0.4, -0.2) is 12.7 Å². The molecule has 2 unspecified atom stereocenters. The molecule has 0 amide bonds. The van der Waals surface area contributed by atoms with Gasteiger partial charge in [0.05, 0.1) is 10.9 Å². The molecule has 0 N–H and O–H groups in total. The summed E-state index contributed by atoms with van der Waals surface area (Å²) in [4.78, 5) is 1.62. The normalized spacial score (nSPS) is 23.3.